The van der Waals surface area contributed by atoms with Crippen LogP contribution >= 0.6 is 0 Å². The van der Waals surface area contributed by atoms with Crippen molar-refractivity contribution in [3.05, 3.63) is 48.0 Å². The summed E-state index contributed by atoms with van der Waals surface area (Å²) in [5, 5.41) is 2.21. The average molecular weight is 196 g/mol. The number of fused-ring (bicyclic) bond motifs is 1. The van der Waals surface area contributed by atoms with Gasteiger partial charge in [-0.3, -0.25) is 4.79 Å². The smallest absolute Gasteiger partial charge is 0.156 e. The van der Waals surface area contributed by atoms with Gasteiger partial charge in [0, 0.05) is 5.56 Å². The highest BCUT2D eigenvalue weighted by atomic mass is 16.1. The predicted octanol–water partition coefficient (Wildman–Crippen LogP) is 2.93. The summed E-state index contributed by atoms with van der Waals surface area (Å²) < 4.78 is 0. The summed E-state index contributed by atoms with van der Waals surface area (Å²) in [4.78, 5) is 11.9. The van der Waals surface area contributed by atoms with E-state index in [-0.39, 0.29) is 5.78 Å². The lowest BCUT2D eigenvalue weighted by atomic mass is 9.74. The Balaban J connectivity index is 2.56. The number of ketones is 1. The van der Waals surface area contributed by atoms with Crippen molar-refractivity contribution in [1.29, 1.82) is 0 Å². The van der Waals surface area contributed by atoms with Crippen molar-refractivity contribution in [3.8, 4) is 0 Å². The van der Waals surface area contributed by atoms with Crippen LogP contribution in [0.25, 0.3) is 10.8 Å². The summed E-state index contributed by atoms with van der Waals surface area (Å²) in [6.07, 6.45) is 0.633. The van der Waals surface area contributed by atoms with Gasteiger partial charge in [-0.15, -0.1) is 0 Å². The van der Waals surface area contributed by atoms with Crippen molar-refractivity contribution in [3.63, 3.8) is 0 Å². The van der Waals surface area contributed by atoms with Gasteiger partial charge >= 0.3 is 0 Å². The maximum absolute atomic E-state index is 11.9. The molecule has 0 fully saturated rings. The van der Waals surface area contributed by atoms with E-state index in [9.17, 15) is 4.79 Å². The van der Waals surface area contributed by atoms with E-state index in [2.05, 4.69) is 0 Å². The summed E-state index contributed by atoms with van der Waals surface area (Å²) in [5.41, 5.74) is 0.856. The largest absolute Gasteiger partial charge is 0.295 e. The number of rotatable bonds is 3. The zero-order chi connectivity index (χ0) is 10.7. The number of carbonyl (C=O) groups excluding carboxylic acids is 1. The van der Waals surface area contributed by atoms with E-state index in [0.29, 0.717) is 6.32 Å². The Morgan fingerprint density at radius 3 is 2.67 bits per heavy atom. The second-order valence-corrected chi connectivity index (χ2v) is 3.70. The molecule has 0 aliphatic heterocycles. The normalized spacial score (nSPS) is 10.2. The van der Waals surface area contributed by atoms with Crippen LogP contribution in [0.2, 0.25) is 13.1 Å². The molecule has 0 radical (unpaired) electrons. The van der Waals surface area contributed by atoms with Crippen molar-refractivity contribution >= 4 is 23.8 Å². The molecule has 2 aromatic rings. The number of hydrogen-bond donors (Lipinski definition) is 0. The Morgan fingerprint density at radius 2 is 1.87 bits per heavy atom. The first-order valence-corrected chi connectivity index (χ1v) is 5.34. The summed E-state index contributed by atoms with van der Waals surface area (Å²) >= 11 is 0. The van der Waals surface area contributed by atoms with Gasteiger partial charge in [0.25, 0.3) is 0 Å². The molecule has 0 atom stereocenters. The van der Waals surface area contributed by atoms with Crippen molar-refractivity contribution in [2.75, 3.05) is 0 Å². The second kappa shape index (κ2) is 4.30. The molecule has 0 amide bonds. The fourth-order valence-electron chi connectivity index (χ4n) is 1.83. The molecule has 2 rings (SSSR count). The van der Waals surface area contributed by atoms with Gasteiger partial charge in [-0.25, -0.2) is 0 Å². The van der Waals surface area contributed by atoms with Gasteiger partial charge < -0.3 is 0 Å². The molecule has 2 heteroatoms. The minimum atomic E-state index is 0.245. The number of Topliss-reactive ketones (excluding diaryl/α,β-unsaturated/α-hetero) is 1. The van der Waals surface area contributed by atoms with Crippen LogP contribution in [0.15, 0.2) is 42.5 Å². The minimum absolute atomic E-state index is 0.245. The van der Waals surface area contributed by atoms with Crippen LogP contribution in [0.4, 0.5) is 0 Å². The Kier molecular flexibility index (Phi) is 2.86. The lowest BCUT2D eigenvalue weighted by Gasteiger charge is -2.04. The van der Waals surface area contributed by atoms with Gasteiger partial charge in [0.05, 0.1) is 0 Å². The Labute approximate surface area is 90.4 Å². The molecule has 0 aromatic heterocycles. The topological polar surface area (TPSA) is 17.1 Å². The lowest BCUT2D eigenvalue weighted by molar-refractivity contribution is 0.101. The number of hydrogen-bond acceptors (Lipinski definition) is 1. The molecule has 74 valence electrons. The van der Waals surface area contributed by atoms with E-state index >= 15 is 0 Å². The van der Waals surface area contributed by atoms with Crippen LogP contribution in [-0.4, -0.2) is 13.1 Å². The fraction of sp³-hybridized carbons (Fsp3) is 0.154. The van der Waals surface area contributed by atoms with Crippen LogP contribution in [0.3, 0.4) is 0 Å². The maximum atomic E-state index is 11.9. The molecule has 0 aliphatic rings. The van der Waals surface area contributed by atoms with Crippen LogP contribution in [-0.2, 0) is 0 Å². The van der Waals surface area contributed by atoms with Gasteiger partial charge in [-0.2, -0.15) is 0 Å². The number of carbonyl (C=O) groups is 1. The summed E-state index contributed by atoms with van der Waals surface area (Å²) in [7, 11) is 0.905. The molecule has 0 unspecified atom stereocenters. The van der Waals surface area contributed by atoms with Gasteiger partial charge in [-0.05, 0) is 17.1 Å². The highest BCUT2D eigenvalue weighted by Crippen LogP contribution is 2.19. The van der Waals surface area contributed by atoms with Crippen LogP contribution in [0.5, 0.6) is 0 Å². The first-order valence-electron chi connectivity index (χ1n) is 5.34. The van der Waals surface area contributed by atoms with E-state index in [4.69, 9.17) is 0 Å². The monoisotopic (exact) mass is 196 g/mol. The Bertz CT molecular complexity index is 485. The molecule has 1 nitrogen and oxygen atoms in total. The Hall–Kier alpha value is -1.57. The van der Waals surface area contributed by atoms with E-state index < -0.39 is 0 Å². The standard InChI is InChI=1S/C13H13BO/c1-14-9-13(15)12-8-4-6-10-5-2-3-7-11(10)12/h2-8,14H,9H2,1H3. The van der Waals surface area contributed by atoms with Crippen LogP contribution < -0.4 is 0 Å². The molecule has 0 bridgehead atoms. The minimum Gasteiger partial charge on any atom is -0.295 e. The molecular weight excluding hydrogens is 183 g/mol. The fourth-order valence-corrected chi connectivity index (χ4v) is 1.83. The molecule has 0 saturated carbocycles. The second-order valence-electron chi connectivity index (χ2n) is 3.70. The zero-order valence-corrected chi connectivity index (χ0v) is 8.86. The van der Waals surface area contributed by atoms with E-state index in [1.165, 1.54) is 0 Å². The summed E-state index contributed by atoms with van der Waals surface area (Å²) in [6, 6.07) is 13.9. The third kappa shape index (κ3) is 1.94. The predicted molar refractivity (Wildman–Crippen MR) is 66.1 cm³/mol. The molecule has 2 aromatic carbocycles. The zero-order valence-electron chi connectivity index (χ0n) is 8.86. The first-order chi connectivity index (χ1) is 7.33. The van der Waals surface area contributed by atoms with Gasteiger partial charge in [0.1, 0.15) is 7.28 Å². The SMILES string of the molecule is CBCC(=O)c1cccc2ccccc12. The molecule has 0 heterocycles. The van der Waals surface area contributed by atoms with E-state index in [0.717, 1.165) is 23.6 Å². The average Bonchev–Trinajstić information content (AvgIpc) is 2.28. The molecule has 15 heavy (non-hydrogen) atoms. The van der Waals surface area contributed by atoms with Crippen molar-refractivity contribution < 1.29 is 4.79 Å². The molecule has 0 saturated heterocycles. The highest BCUT2D eigenvalue weighted by molar-refractivity contribution is 6.42. The van der Waals surface area contributed by atoms with Gasteiger partial charge in [0.15, 0.2) is 5.78 Å². The van der Waals surface area contributed by atoms with Crippen molar-refractivity contribution in [2.24, 2.45) is 0 Å². The molecule has 0 spiro atoms. The van der Waals surface area contributed by atoms with Crippen molar-refractivity contribution in [2.45, 2.75) is 13.1 Å². The molecular formula is C13H13BO. The van der Waals surface area contributed by atoms with Gasteiger partial charge in [0.2, 0.25) is 0 Å². The third-order valence-corrected chi connectivity index (χ3v) is 2.57. The van der Waals surface area contributed by atoms with E-state index in [1.807, 2.05) is 49.3 Å². The summed E-state index contributed by atoms with van der Waals surface area (Å²) in [5.74, 6) is 0.245. The quantitative estimate of drug-likeness (QED) is 0.544. The maximum Gasteiger partial charge on any atom is 0.156 e. The van der Waals surface area contributed by atoms with Crippen molar-refractivity contribution in [1.82, 2.24) is 0 Å². The van der Waals surface area contributed by atoms with Crippen LogP contribution in [0, 0.1) is 0 Å². The molecule has 0 N–H and O–H groups in total. The Morgan fingerprint density at radius 1 is 1.13 bits per heavy atom. The molecule has 0 aliphatic carbocycles. The van der Waals surface area contributed by atoms with Crippen LogP contribution in [0.1, 0.15) is 10.4 Å². The first kappa shape index (κ1) is 9.97. The highest BCUT2D eigenvalue weighted by Gasteiger charge is 2.07. The van der Waals surface area contributed by atoms with E-state index in [1.54, 1.807) is 0 Å². The number of benzene rings is 2. The van der Waals surface area contributed by atoms with Gasteiger partial charge in [-0.1, -0.05) is 49.3 Å². The third-order valence-electron chi connectivity index (χ3n) is 2.57. The summed E-state index contributed by atoms with van der Waals surface area (Å²) in [6.45, 7) is 2.03. The lowest BCUT2D eigenvalue weighted by Crippen LogP contribution is -2.01.